The van der Waals surface area contributed by atoms with E-state index in [2.05, 4.69) is 21.0 Å². The Balaban J connectivity index is 2.12. The first-order valence-corrected chi connectivity index (χ1v) is 7.23. The summed E-state index contributed by atoms with van der Waals surface area (Å²) in [7, 11) is 0. The van der Waals surface area contributed by atoms with E-state index < -0.39 is 0 Å². The van der Waals surface area contributed by atoms with Gasteiger partial charge < -0.3 is 10.5 Å². The molecule has 0 bridgehead atoms. The third kappa shape index (κ3) is 4.37. The fourth-order valence-electron chi connectivity index (χ4n) is 1.70. The Morgan fingerprint density at radius 2 is 2.19 bits per heavy atom. The third-order valence-electron chi connectivity index (χ3n) is 2.80. The molecule has 1 aromatic carbocycles. The number of halogens is 2. The second kappa shape index (κ2) is 7.33. The SMILES string of the molecule is NCCCOc1cnn(Cc2ccc(F)cc2Br)c(=O)c1. The first-order chi connectivity index (χ1) is 10.1. The Morgan fingerprint density at radius 1 is 1.38 bits per heavy atom. The highest BCUT2D eigenvalue weighted by Gasteiger charge is 2.06. The van der Waals surface area contributed by atoms with Gasteiger partial charge >= 0.3 is 0 Å². The number of nitrogens with zero attached hydrogens (tertiary/aromatic N) is 2. The average Bonchev–Trinajstić information content (AvgIpc) is 2.44. The lowest BCUT2D eigenvalue weighted by molar-refractivity contribution is 0.309. The molecule has 5 nitrogen and oxygen atoms in total. The minimum absolute atomic E-state index is 0.253. The first-order valence-electron chi connectivity index (χ1n) is 6.44. The summed E-state index contributed by atoms with van der Waals surface area (Å²) in [5.74, 6) is 0.0810. The van der Waals surface area contributed by atoms with Gasteiger partial charge in [0.15, 0.2) is 0 Å². The molecule has 0 spiro atoms. The molecule has 0 aliphatic rings. The highest BCUT2D eigenvalue weighted by molar-refractivity contribution is 9.10. The number of hydrogen-bond donors (Lipinski definition) is 1. The molecule has 21 heavy (non-hydrogen) atoms. The normalized spacial score (nSPS) is 10.6. The lowest BCUT2D eigenvalue weighted by Gasteiger charge is -2.08. The van der Waals surface area contributed by atoms with Crippen LogP contribution < -0.4 is 16.0 Å². The Labute approximate surface area is 129 Å². The molecular formula is C14H15BrFN3O2. The van der Waals surface area contributed by atoms with Crippen LogP contribution in [0.25, 0.3) is 0 Å². The fourth-order valence-corrected chi connectivity index (χ4v) is 2.18. The molecule has 0 radical (unpaired) electrons. The van der Waals surface area contributed by atoms with Crippen molar-refractivity contribution in [3.8, 4) is 5.75 Å². The summed E-state index contributed by atoms with van der Waals surface area (Å²) in [6.45, 7) is 1.23. The van der Waals surface area contributed by atoms with Crippen molar-refractivity contribution in [2.45, 2.75) is 13.0 Å². The summed E-state index contributed by atoms with van der Waals surface area (Å²) in [4.78, 5) is 12.0. The average molecular weight is 356 g/mol. The summed E-state index contributed by atoms with van der Waals surface area (Å²) in [6.07, 6.45) is 2.20. The minimum Gasteiger partial charge on any atom is -0.492 e. The molecule has 0 unspecified atom stereocenters. The van der Waals surface area contributed by atoms with Gasteiger partial charge in [0, 0.05) is 10.5 Å². The van der Waals surface area contributed by atoms with Crippen LogP contribution in [0.4, 0.5) is 4.39 Å². The van der Waals surface area contributed by atoms with E-state index in [1.165, 1.54) is 29.1 Å². The summed E-state index contributed by atoms with van der Waals surface area (Å²) in [5.41, 5.74) is 5.85. The van der Waals surface area contributed by atoms with Crippen LogP contribution in [0.2, 0.25) is 0 Å². The molecule has 0 aliphatic carbocycles. The van der Waals surface area contributed by atoms with Gasteiger partial charge in [0.1, 0.15) is 11.6 Å². The van der Waals surface area contributed by atoms with E-state index in [-0.39, 0.29) is 17.9 Å². The van der Waals surface area contributed by atoms with E-state index in [4.69, 9.17) is 10.5 Å². The van der Waals surface area contributed by atoms with Crippen molar-refractivity contribution >= 4 is 15.9 Å². The molecular weight excluding hydrogens is 341 g/mol. The second-order valence-corrected chi connectivity index (χ2v) is 5.27. The zero-order chi connectivity index (χ0) is 15.2. The molecule has 0 atom stereocenters. The lowest BCUT2D eigenvalue weighted by atomic mass is 10.2. The Bertz CT molecular complexity index is 676. The summed E-state index contributed by atoms with van der Waals surface area (Å²) in [6, 6.07) is 5.68. The smallest absolute Gasteiger partial charge is 0.270 e. The number of rotatable bonds is 6. The topological polar surface area (TPSA) is 70.1 Å². The molecule has 0 amide bonds. The maximum atomic E-state index is 13.0. The van der Waals surface area contributed by atoms with Crippen LogP contribution in [-0.2, 0) is 6.54 Å². The zero-order valence-corrected chi connectivity index (χ0v) is 12.8. The van der Waals surface area contributed by atoms with Crippen molar-refractivity contribution in [3.63, 3.8) is 0 Å². The van der Waals surface area contributed by atoms with E-state index in [0.29, 0.717) is 29.8 Å². The predicted octanol–water partition coefficient (Wildman–Crippen LogP) is 1.92. The second-order valence-electron chi connectivity index (χ2n) is 4.41. The zero-order valence-electron chi connectivity index (χ0n) is 11.3. The summed E-state index contributed by atoms with van der Waals surface area (Å²) in [5, 5.41) is 4.05. The van der Waals surface area contributed by atoms with Crippen LogP contribution in [0.3, 0.4) is 0 Å². The number of benzene rings is 1. The van der Waals surface area contributed by atoms with Gasteiger partial charge in [-0.15, -0.1) is 0 Å². The van der Waals surface area contributed by atoms with Crippen molar-refractivity contribution < 1.29 is 9.13 Å². The largest absolute Gasteiger partial charge is 0.492 e. The maximum Gasteiger partial charge on any atom is 0.270 e. The summed E-state index contributed by atoms with van der Waals surface area (Å²) >= 11 is 3.27. The first kappa shape index (κ1) is 15.7. The van der Waals surface area contributed by atoms with E-state index in [1.54, 1.807) is 6.07 Å². The molecule has 0 saturated carbocycles. The van der Waals surface area contributed by atoms with Gasteiger partial charge in [-0.3, -0.25) is 4.79 Å². The van der Waals surface area contributed by atoms with E-state index in [0.717, 1.165) is 5.56 Å². The fraction of sp³-hybridized carbons (Fsp3) is 0.286. The van der Waals surface area contributed by atoms with Crippen molar-refractivity contribution in [3.05, 3.63) is 56.7 Å². The van der Waals surface area contributed by atoms with Gasteiger partial charge in [-0.25, -0.2) is 9.07 Å². The minimum atomic E-state index is -0.338. The highest BCUT2D eigenvalue weighted by Crippen LogP contribution is 2.18. The van der Waals surface area contributed by atoms with Crippen LogP contribution >= 0.6 is 15.9 Å². The molecule has 2 aromatic rings. The van der Waals surface area contributed by atoms with Crippen LogP contribution in [0.1, 0.15) is 12.0 Å². The van der Waals surface area contributed by atoms with Gasteiger partial charge in [0.2, 0.25) is 0 Å². The standard InChI is InChI=1S/C14H15BrFN3O2/c15-13-6-11(16)3-2-10(13)9-19-14(20)7-12(8-18-19)21-5-1-4-17/h2-3,6-8H,1,4-5,9,17H2. The quantitative estimate of drug-likeness (QED) is 0.803. The Hall–Kier alpha value is -1.73. The maximum absolute atomic E-state index is 13.0. The number of aromatic nitrogens is 2. The number of ether oxygens (including phenoxy) is 1. The van der Waals surface area contributed by atoms with Gasteiger partial charge in [0.25, 0.3) is 5.56 Å². The lowest BCUT2D eigenvalue weighted by Crippen LogP contribution is -2.23. The number of hydrogen-bond acceptors (Lipinski definition) is 4. The Kier molecular flexibility index (Phi) is 5.46. The van der Waals surface area contributed by atoms with Crippen molar-refractivity contribution in [2.75, 3.05) is 13.2 Å². The van der Waals surface area contributed by atoms with E-state index >= 15 is 0 Å². The van der Waals surface area contributed by atoms with Crippen LogP contribution in [0.15, 0.2) is 39.7 Å². The van der Waals surface area contributed by atoms with Crippen molar-refractivity contribution in [2.24, 2.45) is 5.73 Å². The molecule has 1 heterocycles. The van der Waals surface area contributed by atoms with Crippen molar-refractivity contribution in [1.82, 2.24) is 9.78 Å². The predicted molar refractivity (Wildman–Crippen MR) is 80.9 cm³/mol. The van der Waals surface area contributed by atoms with Gasteiger partial charge in [-0.05, 0) is 30.7 Å². The summed E-state index contributed by atoms with van der Waals surface area (Å²) < 4.78 is 20.3. The monoisotopic (exact) mass is 355 g/mol. The molecule has 112 valence electrons. The molecule has 2 N–H and O–H groups in total. The van der Waals surface area contributed by atoms with E-state index in [9.17, 15) is 9.18 Å². The van der Waals surface area contributed by atoms with Gasteiger partial charge in [-0.1, -0.05) is 22.0 Å². The van der Waals surface area contributed by atoms with E-state index in [1.807, 2.05) is 0 Å². The molecule has 0 saturated heterocycles. The van der Waals surface area contributed by atoms with Crippen LogP contribution in [0, 0.1) is 5.82 Å². The Morgan fingerprint density at radius 3 is 2.86 bits per heavy atom. The highest BCUT2D eigenvalue weighted by atomic mass is 79.9. The third-order valence-corrected chi connectivity index (χ3v) is 3.54. The van der Waals surface area contributed by atoms with Crippen molar-refractivity contribution in [1.29, 1.82) is 0 Å². The number of nitrogens with two attached hydrogens (primary N) is 1. The van der Waals surface area contributed by atoms with Crippen LogP contribution in [-0.4, -0.2) is 22.9 Å². The molecule has 1 aromatic heterocycles. The molecule has 2 rings (SSSR count). The molecule has 0 aliphatic heterocycles. The van der Waals surface area contributed by atoms with Gasteiger partial charge in [0.05, 0.1) is 19.3 Å². The molecule has 0 fully saturated rings. The molecule has 7 heteroatoms. The van der Waals surface area contributed by atoms with Gasteiger partial charge in [-0.2, -0.15) is 5.10 Å². The van der Waals surface area contributed by atoms with Crippen LogP contribution in [0.5, 0.6) is 5.75 Å².